The van der Waals surface area contributed by atoms with Gasteiger partial charge in [0.1, 0.15) is 12.6 Å². The van der Waals surface area contributed by atoms with Crippen LogP contribution in [0.25, 0.3) is 0 Å². The molecule has 5 heteroatoms. The summed E-state index contributed by atoms with van der Waals surface area (Å²) in [5, 5.41) is 0. The summed E-state index contributed by atoms with van der Waals surface area (Å²) in [5.41, 5.74) is 0.473. The first-order chi connectivity index (χ1) is 14.1. The van der Waals surface area contributed by atoms with Crippen molar-refractivity contribution in [3.05, 3.63) is 0 Å². The highest BCUT2D eigenvalue weighted by atomic mass is 16.7. The van der Waals surface area contributed by atoms with Crippen molar-refractivity contribution in [3.8, 4) is 0 Å². The number of carbonyl (C=O) groups excluding carboxylic acids is 1. The van der Waals surface area contributed by atoms with Gasteiger partial charge in [-0.25, -0.2) is 0 Å². The van der Waals surface area contributed by atoms with E-state index in [0.29, 0.717) is 35.9 Å². The third-order valence-corrected chi connectivity index (χ3v) is 8.62. The average molecular weight is 409 g/mol. The summed E-state index contributed by atoms with van der Waals surface area (Å²) in [6.07, 6.45) is 13.4. The molecule has 0 aromatic carbocycles. The van der Waals surface area contributed by atoms with Gasteiger partial charge in [0.15, 0.2) is 6.29 Å². The molecule has 0 aromatic rings. The molecule has 0 aromatic heterocycles. The highest BCUT2D eigenvalue weighted by Crippen LogP contribution is 2.68. The summed E-state index contributed by atoms with van der Waals surface area (Å²) in [5.74, 6) is 1.64. The van der Waals surface area contributed by atoms with Gasteiger partial charge < -0.3 is 18.9 Å². The Morgan fingerprint density at radius 1 is 1.17 bits per heavy atom. The molecule has 1 aliphatic heterocycles. The zero-order chi connectivity index (χ0) is 20.3. The van der Waals surface area contributed by atoms with Crippen LogP contribution in [-0.2, 0) is 23.7 Å². The first-order valence-corrected chi connectivity index (χ1v) is 11.9. The molecule has 1 spiro atoms. The summed E-state index contributed by atoms with van der Waals surface area (Å²) in [6, 6.07) is 0. The monoisotopic (exact) mass is 408 g/mol. The van der Waals surface area contributed by atoms with E-state index in [2.05, 4.69) is 6.92 Å². The van der Waals surface area contributed by atoms with Gasteiger partial charge in [0, 0.05) is 33.2 Å². The molecular formula is C24H40O5. The van der Waals surface area contributed by atoms with E-state index < -0.39 is 0 Å². The molecule has 2 bridgehead atoms. The number of carbonyl (C=O) groups is 1. The number of Topliss-reactive ketones (excluding diaryl/α,β-unsaturated/α-hetero) is 1. The first kappa shape index (κ1) is 21.7. The Balaban J connectivity index is 1.32. The van der Waals surface area contributed by atoms with E-state index in [1.54, 1.807) is 7.11 Å². The van der Waals surface area contributed by atoms with Crippen molar-refractivity contribution >= 4 is 5.78 Å². The molecule has 29 heavy (non-hydrogen) atoms. The molecule has 3 unspecified atom stereocenters. The Labute approximate surface area is 176 Å². The van der Waals surface area contributed by atoms with Crippen molar-refractivity contribution < 1.29 is 23.7 Å². The molecule has 0 amide bonds. The first-order valence-electron chi connectivity index (χ1n) is 11.9. The number of unbranched alkanes of at least 4 members (excludes halogenated alkanes) is 1. The Bertz CT molecular complexity index is 559. The quantitative estimate of drug-likeness (QED) is 0.403. The minimum atomic E-state index is 0.0107. The molecule has 0 radical (unpaired) electrons. The van der Waals surface area contributed by atoms with Crippen molar-refractivity contribution in [3.63, 3.8) is 0 Å². The van der Waals surface area contributed by atoms with Gasteiger partial charge in [-0.3, -0.25) is 4.79 Å². The maximum atomic E-state index is 12.7. The minimum absolute atomic E-state index is 0.0107. The summed E-state index contributed by atoms with van der Waals surface area (Å²) in [7, 11) is 1.69. The average Bonchev–Trinajstić information content (AvgIpc) is 3.02. The number of fused-ring (bicyclic) bond motifs is 1. The fraction of sp³-hybridized carbons (Fsp3) is 0.958. The lowest BCUT2D eigenvalue weighted by Gasteiger charge is -2.55. The van der Waals surface area contributed by atoms with E-state index >= 15 is 0 Å². The van der Waals surface area contributed by atoms with Crippen LogP contribution in [0.2, 0.25) is 0 Å². The van der Waals surface area contributed by atoms with Gasteiger partial charge in [-0.2, -0.15) is 0 Å². The van der Waals surface area contributed by atoms with Crippen LogP contribution in [0.3, 0.4) is 0 Å². The normalized spacial score (nSPS) is 42.1. The standard InChI is InChI=1S/C24H40O5/c1-23(9-4-6-12-28-22-7-3-5-11-27-22)16-20(25)14-19-13-18-15-24(19,23)10-8-21(18)29-17-26-2/h18-19,21-22H,3-17H2,1-2H3/t18?,19-,21?,22?,23+,24+/m1/s1. The Kier molecular flexibility index (Phi) is 6.99. The van der Waals surface area contributed by atoms with Gasteiger partial charge >= 0.3 is 0 Å². The topological polar surface area (TPSA) is 54.0 Å². The van der Waals surface area contributed by atoms with Crippen molar-refractivity contribution in [2.75, 3.05) is 27.1 Å². The minimum Gasteiger partial charge on any atom is -0.359 e. The number of hydrogen-bond acceptors (Lipinski definition) is 5. The largest absolute Gasteiger partial charge is 0.359 e. The SMILES string of the molecule is COCOC1CC[C@]23CC1C[C@@H]2CC(=O)C[C@]3(C)CCCCOC1CCCCO1. The summed E-state index contributed by atoms with van der Waals surface area (Å²) in [6.45, 7) is 4.42. The maximum Gasteiger partial charge on any atom is 0.157 e. The summed E-state index contributed by atoms with van der Waals surface area (Å²) in [4.78, 5) is 12.7. The van der Waals surface area contributed by atoms with Crippen LogP contribution in [-0.4, -0.2) is 45.3 Å². The molecule has 3 saturated carbocycles. The molecular weight excluding hydrogens is 368 g/mol. The van der Waals surface area contributed by atoms with E-state index in [9.17, 15) is 4.79 Å². The van der Waals surface area contributed by atoms with Crippen LogP contribution in [0.5, 0.6) is 0 Å². The number of methoxy groups -OCH3 is 1. The Morgan fingerprint density at radius 2 is 2.07 bits per heavy atom. The molecule has 4 fully saturated rings. The van der Waals surface area contributed by atoms with E-state index in [0.717, 1.165) is 71.0 Å². The van der Waals surface area contributed by atoms with Gasteiger partial charge in [0.25, 0.3) is 0 Å². The van der Waals surface area contributed by atoms with Crippen molar-refractivity contribution in [1.29, 1.82) is 0 Å². The predicted octanol–water partition coefficient (Wildman–Crippen LogP) is 4.86. The molecule has 1 saturated heterocycles. The van der Waals surface area contributed by atoms with Crippen molar-refractivity contribution in [2.45, 2.75) is 96.4 Å². The highest BCUT2D eigenvalue weighted by molar-refractivity contribution is 5.81. The third kappa shape index (κ3) is 4.44. The number of ether oxygens (including phenoxy) is 4. The molecule has 3 aliphatic carbocycles. The Morgan fingerprint density at radius 3 is 2.86 bits per heavy atom. The summed E-state index contributed by atoms with van der Waals surface area (Å²) >= 11 is 0. The molecule has 6 atom stereocenters. The van der Waals surface area contributed by atoms with Crippen LogP contribution in [0, 0.1) is 22.7 Å². The second-order valence-electron chi connectivity index (χ2n) is 10.3. The zero-order valence-corrected chi connectivity index (χ0v) is 18.5. The molecule has 4 rings (SSSR count). The smallest absolute Gasteiger partial charge is 0.157 e. The number of rotatable bonds is 9. The van der Waals surface area contributed by atoms with Crippen molar-refractivity contribution in [2.24, 2.45) is 22.7 Å². The van der Waals surface area contributed by atoms with Crippen LogP contribution < -0.4 is 0 Å². The molecule has 5 nitrogen and oxygen atoms in total. The van der Waals surface area contributed by atoms with Crippen molar-refractivity contribution in [1.82, 2.24) is 0 Å². The highest BCUT2D eigenvalue weighted by Gasteiger charge is 2.63. The fourth-order valence-corrected chi connectivity index (χ4v) is 7.20. The van der Waals surface area contributed by atoms with Crippen LogP contribution in [0.1, 0.15) is 84.0 Å². The van der Waals surface area contributed by atoms with Crippen LogP contribution in [0.15, 0.2) is 0 Å². The summed E-state index contributed by atoms with van der Waals surface area (Å²) < 4.78 is 22.7. The predicted molar refractivity (Wildman–Crippen MR) is 110 cm³/mol. The van der Waals surface area contributed by atoms with Gasteiger partial charge in [-0.1, -0.05) is 13.3 Å². The van der Waals surface area contributed by atoms with Gasteiger partial charge in [-0.15, -0.1) is 0 Å². The second-order valence-corrected chi connectivity index (χ2v) is 10.3. The van der Waals surface area contributed by atoms with E-state index in [4.69, 9.17) is 18.9 Å². The fourth-order valence-electron chi connectivity index (χ4n) is 7.20. The molecule has 1 heterocycles. The Hall–Kier alpha value is -0.490. The third-order valence-electron chi connectivity index (χ3n) is 8.62. The lowest BCUT2D eigenvalue weighted by molar-refractivity contribution is -0.163. The van der Waals surface area contributed by atoms with E-state index in [1.165, 1.54) is 19.3 Å². The lowest BCUT2D eigenvalue weighted by atomic mass is 9.49. The van der Waals surface area contributed by atoms with E-state index in [1.807, 2.05) is 0 Å². The molecule has 0 N–H and O–H groups in total. The number of ketones is 1. The van der Waals surface area contributed by atoms with E-state index in [-0.39, 0.29) is 11.7 Å². The van der Waals surface area contributed by atoms with Gasteiger partial charge in [0.05, 0.1) is 6.10 Å². The zero-order valence-electron chi connectivity index (χ0n) is 18.5. The van der Waals surface area contributed by atoms with Crippen LogP contribution >= 0.6 is 0 Å². The van der Waals surface area contributed by atoms with Gasteiger partial charge in [-0.05, 0) is 80.5 Å². The molecule has 166 valence electrons. The molecule has 4 aliphatic rings. The number of hydrogen-bond donors (Lipinski definition) is 0. The van der Waals surface area contributed by atoms with Gasteiger partial charge in [0.2, 0.25) is 0 Å². The second kappa shape index (κ2) is 9.33. The lowest BCUT2D eigenvalue weighted by Crippen LogP contribution is -2.50. The maximum absolute atomic E-state index is 12.7. The van der Waals surface area contributed by atoms with Crippen LogP contribution in [0.4, 0.5) is 0 Å².